The van der Waals surface area contributed by atoms with Crippen molar-refractivity contribution in [2.45, 2.75) is 18.4 Å². The maximum Gasteiger partial charge on any atom is 0.328 e. The van der Waals surface area contributed by atoms with Gasteiger partial charge in [-0.05, 0) is 13.0 Å². The Bertz CT molecular complexity index is 142. The molecule has 0 aromatic rings. The molecule has 0 aliphatic heterocycles. The van der Waals surface area contributed by atoms with E-state index in [-0.39, 0.29) is 0 Å². The van der Waals surface area contributed by atoms with E-state index in [0.29, 0.717) is 0 Å². The molecule has 4 heteroatoms. The van der Waals surface area contributed by atoms with Crippen LogP contribution in [-0.2, 0) is 4.79 Å². The Kier molecular flexibility index (Phi) is 4.07. The third-order valence-electron chi connectivity index (χ3n) is 0.907. The van der Waals surface area contributed by atoms with E-state index in [0.717, 1.165) is 12.2 Å². The second-order valence-electron chi connectivity index (χ2n) is 1.87. The maximum absolute atomic E-state index is 9.89. The fraction of sp³-hybridized carbons (Fsp3) is 0.500. The number of carbonyl (C=O) groups is 1. The largest absolute Gasteiger partial charge is 0.478 e. The van der Waals surface area contributed by atoms with Gasteiger partial charge in [-0.2, -0.15) is 0 Å². The molecule has 3 nitrogen and oxygen atoms in total. The quantitative estimate of drug-likeness (QED) is 0.475. The number of alkyl halides is 1. The molecular formula is C6H9ClO3. The van der Waals surface area contributed by atoms with Gasteiger partial charge in [-0.1, -0.05) is 0 Å². The van der Waals surface area contributed by atoms with Crippen LogP contribution in [0.4, 0.5) is 0 Å². The molecule has 0 bridgehead atoms. The van der Waals surface area contributed by atoms with Crippen LogP contribution < -0.4 is 0 Å². The number of rotatable bonds is 3. The van der Waals surface area contributed by atoms with Gasteiger partial charge in [0, 0.05) is 6.08 Å². The average Bonchev–Trinajstić information content (AvgIpc) is 1.82. The van der Waals surface area contributed by atoms with Gasteiger partial charge >= 0.3 is 5.97 Å². The summed E-state index contributed by atoms with van der Waals surface area (Å²) in [5.74, 6) is -1.09. The van der Waals surface area contributed by atoms with E-state index >= 15 is 0 Å². The molecule has 0 aromatic carbocycles. The zero-order valence-corrected chi connectivity index (χ0v) is 6.25. The van der Waals surface area contributed by atoms with E-state index in [1.807, 2.05) is 0 Å². The van der Waals surface area contributed by atoms with Crippen molar-refractivity contribution in [1.82, 2.24) is 0 Å². The molecule has 0 saturated carbocycles. The van der Waals surface area contributed by atoms with Crippen LogP contribution in [0.3, 0.4) is 0 Å². The van der Waals surface area contributed by atoms with Gasteiger partial charge < -0.3 is 10.2 Å². The zero-order chi connectivity index (χ0) is 8.15. The number of aliphatic hydroxyl groups is 1. The molecule has 2 N–H and O–H groups in total. The highest BCUT2D eigenvalue weighted by Crippen LogP contribution is 2.01. The second kappa shape index (κ2) is 4.30. The van der Waals surface area contributed by atoms with E-state index in [4.69, 9.17) is 21.8 Å². The minimum atomic E-state index is -1.09. The monoisotopic (exact) mass is 164 g/mol. The molecule has 0 aliphatic carbocycles. The first-order chi connectivity index (χ1) is 4.54. The summed E-state index contributed by atoms with van der Waals surface area (Å²) in [5, 5.41) is 16.5. The Morgan fingerprint density at radius 3 is 2.50 bits per heavy atom. The van der Waals surface area contributed by atoms with E-state index in [1.54, 1.807) is 6.92 Å². The number of carboxylic acid groups (broad SMARTS) is 1. The average molecular weight is 165 g/mol. The van der Waals surface area contributed by atoms with Crippen molar-refractivity contribution in [2.75, 3.05) is 0 Å². The van der Waals surface area contributed by atoms with E-state index in [2.05, 4.69) is 0 Å². The predicted octanol–water partition coefficient (Wildman–Crippen LogP) is 0.615. The number of aliphatic hydroxyl groups excluding tert-OH is 1. The second-order valence-corrected chi connectivity index (χ2v) is 2.55. The van der Waals surface area contributed by atoms with Crippen molar-refractivity contribution < 1.29 is 15.0 Å². The fourth-order valence-corrected chi connectivity index (χ4v) is 0.418. The van der Waals surface area contributed by atoms with Gasteiger partial charge in [-0.3, -0.25) is 0 Å². The topological polar surface area (TPSA) is 57.5 Å². The maximum atomic E-state index is 9.89. The third kappa shape index (κ3) is 4.35. The Hall–Kier alpha value is -0.540. The number of hydrogen-bond donors (Lipinski definition) is 2. The van der Waals surface area contributed by atoms with Crippen molar-refractivity contribution in [3.05, 3.63) is 12.2 Å². The molecule has 2 unspecified atom stereocenters. The van der Waals surface area contributed by atoms with E-state index in [9.17, 15) is 4.79 Å². The third-order valence-corrected chi connectivity index (χ3v) is 1.16. The highest BCUT2D eigenvalue weighted by molar-refractivity contribution is 6.20. The lowest BCUT2D eigenvalue weighted by molar-refractivity contribution is -0.131. The molecule has 0 aliphatic rings. The van der Waals surface area contributed by atoms with Crippen LogP contribution in [-0.4, -0.2) is 27.7 Å². The smallest absolute Gasteiger partial charge is 0.328 e. The summed E-state index contributed by atoms with van der Waals surface area (Å²) in [6.45, 7) is 1.58. The number of hydrogen-bond acceptors (Lipinski definition) is 2. The lowest BCUT2D eigenvalue weighted by Gasteiger charge is -2.04. The molecule has 10 heavy (non-hydrogen) atoms. The Labute approximate surface area is 63.9 Å². The number of halogens is 1. The molecular weight excluding hydrogens is 156 g/mol. The highest BCUT2D eigenvalue weighted by atomic mass is 35.5. The van der Waals surface area contributed by atoms with Gasteiger partial charge in [-0.25, -0.2) is 4.79 Å². The molecule has 0 amide bonds. The van der Waals surface area contributed by atoms with Gasteiger partial charge in [-0.15, -0.1) is 11.6 Å². The van der Waals surface area contributed by atoms with Crippen LogP contribution >= 0.6 is 11.6 Å². The van der Waals surface area contributed by atoms with Crippen molar-refractivity contribution in [1.29, 1.82) is 0 Å². The first kappa shape index (κ1) is 9.46. The minimum absolute atomic E-state index is 0.462. The van der Waals surface area contributed by atoms with Gasteiger partial charge in [0.2, 0.25) is 0 Å². The fourth-order valence-electron chi connectivity index (χ4n) is 0.334. The van der Waals surface area contributed by atoms with Crippen LogP contribution in [0, 0.1) is 0 Å². The SMILES string of the molecule is CC(Cl)C(O)/C=C/C(=O)O. The van der Waals surface area contributed by atoms with Crippen LogP contribution in [0.25, 0.3) is 0 Å². The summed E-state index contributed by atoms with van der Waals surface area (Å²) in [6.07, 6.45) is 1.11. The van der Waals surface area contributed by atoms with Crippen molar-refractivity contribution in [3.8, 4) is 0 Å². The molecule has 0 saturated heterocycles. The zero-order valence-electron chi connectivity index (χ0n) is 5.49. The summed E-state index contributed by atoms with van der Waals surface area (Å²) in [4.78, 5) is 9.89. The van der Waals surface area contributed by atoms with Crippen molar-refractivity contribution in [2.24, 2.45) is 0 Å². The number of aliphatic carboxylic acids is 1. The normalized spacial score (nSPS) is 17.1. The molecule has 58 valence electrons. The summed E-state index contributed by atoms with van der Waals surface area (Å²) in [5.41, 5.74) is 0. The number of carboxylic acids is 1. The highest BCUT2D eigenvalue weighted by Gasteiger charge is 2.06. The van der Waals surface area contributed by atoms with E-state index in [1.165, 1.54) is 0 Å². The van der Waals surface area contributed by atoms with Gasteiger partial charge in [0.1, 0.15) is 0 Å². The summed E-state index contributed by atoms with van der Waals surface area (Å²) in [6, 6.07) is 0. The Morgan fingerprint density at radius 2 is 2.20 bits per heavy atom. The Morgan fingerprint density at radius 1 is 1.70 bits per heavy atom. The standard InChI is InChI=1S/C6H9ClO3/c1-4(7)5(8)2-3-6(9)10/h2-5,8H,1H3,(H,9,10)/b3-2+. The molecule has 0 aromatic heterocycles. The predicted molar refractivity (Wildman–Crippen MR) is 38.1 cm³/mol. The Balaban J connectivity index is 3.77. The minimum Gasteiger partial charge on any atom is -0.478 e. The summed E-state index contributed by atoms with van der Waals surface area (Å²) >= 11 is 5.42. The van der Waals surface area contributed by atoms with Crippen LogP contribution in [0.5, 0.6) is 0 Å². The molecule has 2 atom stereocenters. The molecule has 0 spiro atoms. The van der Waals surface area contributed by atoms with Crippen LogP contribution in [0.2, 0.25) is 0 Å². The summed E-state index contributed by atoms with van der Waals surface area (Å²) in [7, 11) is 0. The van der Waals surface area contributed by atoms with Crippen LogP contribution in [0.15, 0.2) is 12.2 Å². The van der Waals surface area contributed by atoms with E-state index < -0.39 is 17.5 Å². The molecule has 0 radical (unpaired) electrons. The van der Waals surface area contributed by atoms with Gasteiger partial charge in [0.05, 0.1) is 11.5 Å². The van der Waals surface area contributed by atoms with Crippen molar-refractivity contribution >= 4 is 17.6 Å². The van der Waals surface area contributed by atoms with Crippen molar-refractivity contribution in [3.63, 3.8) is 0 Å². The van der Waals surface area contributed by atoms with Crippen LogP contribution in [0.1, 0.15) is 6.92 Å². The lowest BCUT2D eigenvalue weighted by atomic mass is 10.2. The van der Waals surface area contributed by atoms with Gasteiger partial charge in [0.25, 0.3) is 0 Å². The first-order valence-corrected chi connectivity index (χ1v) is 3.21. The molecule has 0 fully saturated rings. The summed E-state index contributed by atoms with van der Waals surface area (Å²) < 4.78 is 0. The molecule has 0 rings (SSSR count). The lowest BCUT2D eigenvalue weighted by Crippen LogP contribution is -2.14. The molecule has 0 heterocycles. The first-order valence-electron chi connectivity index (χ1n) is 2.77. The van der Waals surface area contributed by atoms with Gasteiger partial charge in [0.15, 0.2) is 0 Å².